The fraction of sp³-hybridized carbons (Fsp3) is 0.350. The van der Waals surface area contributed by atoms with Crippen molar-refractivity contribution in [1.29, 1.82) is 0 Å². The number of likely N-dealkylation sites (tertiary alicyclic amines) is 2. The third-order valence-corrected chi connectivity index (χ3v) is 10.5. The van der Waals surface area contributed by atoms with Gasteiger partial charge in [0, 0.05) is 38.0 Å². The first-order valence-electron chi connectivity index (χ1n) is 17.6. The van der Waals surface area contributed by atoms with Crippen LogP contribution in [0.15, 0.2) is 96.3 Å². The van der Waals surface area contributed by atoms with E-state index in [1.165, 1.54) is 0 Å². The molecule has 3 N–H and O–H groups in total. The van der Waals surface area contributed by atoms with E-state index >= 15 is 0 Å². The molecule has 4 aromatic rings. The van der Waals surface area contributed by atoms with E-state index in [1.807, 2.05) is 52.5 Å². The van der Waals surface area contributed by atoms with Gasteiger partial charge in [-0.15, -0.1) is 0 Å². The summed E-state index contributed by atoms with van der Waals surface area (Å²) in [7, 11) is 0. The molecule has 0 unspecified atom stereocenters. The number of carbonyl (C=O) groups is 2. The van der Waals surface area contributed by atoms with Gasteiger partial charge < -0.3 is 25.3 Å². The molecule has 4 aliphatic rings. The van der Waals surface area contributed by atoms with E-state index in [9.17, 15) is 9.59 Å². The van der Waals surface area contributed by atoms with Gasteiger partial charge >= 0.3 is 0 Å². The van der Waals surface area contributed by atoms with Crippen molar-refractivity contribution >= 4 is 23.1 Å². The van der Waals surface area contributed by atoms with Crippen molar-refractivity contribution < 1.29 is 14.3 Å². The average Bonchev–Trinajstić information content (AvgIpc) is 4.00. The van der Waals surface area contributed by atoms with Gasteiger partial charge in [-0.3, -0.25) is 14.6 Å². The molecule has 0 saturated carbocycles. The molecule has 0 spiro atoms. The Labute approximate surface area is 286 Å². The first-order chi connectivity index (χ1) is 24.0. The van der Waals surface area contributed by atoms with Crippen molar-refractivity contribution in [2.45, 2.75) is 69.2 Å². The smallest absolute Gasteiger partial charge is 0.252 e. The number of imidazole rings is 1. The number of nitrogens with two attached hydrogens (primary N) is 1. The Kier molecular flexibility index (Phi) is 8.70. The van der Waals surface area contributed by atoms with Crippen molar-refractivity contribution in [1.82, 2.24) is 19.8 Å². The highest BCUT2D eigenvalue weighted by atomic mass is 16.5. The second-order valence-corrected chi connectivity index (χ2v) is 13.6. The topological polar surface area (TPSA) is 117 Å². The quantitative estimate of drug-likeness (QED) is 0.226. The molecule has 250 valence electrons. The van der Waals surface area contributed by atoms with Crippen LogP contribution in [0.25, 0.3) is 28.0 Å². The largest absolute Gasteiger partial charge is 0.368 e. The average molecular weight is 655 g/mol. The lowest BCUT2D eigenvalue weighted by Crippen LogP contribution is -2.44. The Bertz CT molecular complexity index is 1870. The third kappa shape index (κ3) is 6.24. The number of hydrogen-bond acceptors (Lipinski definition) is 6. The first kappa shape index (κ1) is 31.4. The Morgan fingerprint density at radius 3 is 2.18 bits per heavy atom. The lowest BCUT2D eigenvalue weighted by atomic mass is 9.96. The van der Waals surface area contributed by atoms with Crippen molar-refractivity contribution in [2.75, 3.05) is 19.7 Å². The number of nitrogens with one attached hydrogen (secondary N) is 1. The molecule has 9 nitrogen and oxygen atoms in total. The van der Waals surface area contributed by atoms with E-state index < -0.39 is 6.04 Å². The van der Waals surface area contributed by atoms with Crippen molar-refractivity contribution in [2.24, 2.45) is 10.7 Å². The molecule has 3 fully saturated rings. The summed E-state index contributed by atoms with van der Waals surface area (Å²) in [6.45, 7) is 2.14. The molecule has 8 rings (SSSR count). The third-order valence-electron chi connectivity index (χ3n) is 10.5. The molecular formula is C40H42N6O3. The number of allylic oxidation sites excluding steroid dienone is 1. The molecule has 0 radical (unpaired) electrons. The molecule has 5 heterocycles. The normalized spacial score (nSPS) is 22.8. The van der Waals surface area contributed by atoms with Gasteiger partial charge in [0.1, 0.15) is 18.0 Å². The predicted octanol–water partition coefficient (Wildman–Crippen LogP) is 6.46. The Morgan fingerprint density at radius 2 is 1.47 bits per heavy atom. The number of H-pyrrole nitrogens is 1. The van der Waals surface area contributed by atoms with Gasteiger partial charge in [-0.2, -0.15) is 0 Å². The van der Waals surface area contributed by atoms with Gasteiger partial charge in [-0.1, -0.05) is 78.9 Å². The predicted molar refractivity (Wildman–Crippen MR) is 190 cm³/mol. The van der Waals surface area contributed by atoms with Crippen LogP contribution in [-0.2, 0) is 14.3 Å². The van der Waals surface area contributed by atoms with Gasteiger partial charge in [-0.25, -0.2) is 4.98 Å². The molecule has 1 aromatic heterocycles. The maximum atomic E-state index is 13.4. The number of aliphatic imine (C=N–C) groups is 1. The molecule has 49 heavy (non-hydrogen) atoms. The summed E-state index contributed by atoms with van der Waals surface area (Å²) in [6.07, 6.45) is 9.77. The van der Waals surface area contributed by atoms with E-state index in [-0.39, 0.29) is 30.0 Å². The molecule has 0 aliphatic carbocycles. The minimum Gasteiger partial charge on any atom is -0.368 e. The molecular weight excluding hydrogens is 612 g/mol. The second kappa shape index (κ2) is 13.6. The van der Waals surface area contributed by atoms with Gasteiger partial charge in [0.05, 0.1) is 24.0 Å². The van der Waals surface area contributed by atoms with Gasteiger partial charge in [-0.05, 0) is 71.9 Å². The molecule has 3 aromatic carbocycles. The van der Waals surface area contributed by atoms with Crippen molar-refractivity contribution in [3.63, 3.8) is 0 Å². The van der Waals surface area contributed by atoms with Crippen LogP contribution in [0.1, 0.15) is 74.0 Å². The number of hydrogen-bond donors (Lipinski definition) is 2. The minimum atomic E-state index is -0.661. The lowest BCUT2D eigenvalue weighted by molar-refractivity contribution is -0.142. The maximum absolute atomic E-state index is 13.4. The molecule has 4 aliphatic heterocycles. The molecule has 4 atom stereocenters. The van der Waals surface area contributed by atoms with Crippen LogP contribution in [0, 0.1) is 0 Å². The standard InChI is InChI=1S/C40H42N6O3/c41-37(30-7-2-1-3-8-30)40(48)45-20-4-9-34(45)32-23-31(24-42-32)28-14-12-26(13-15-28)27-16-18-29(19-17-27)33-25-43-38(44-33)35-10-5-21-46(35)39(47)36-11-6-22-49-36/h1-3,7-8,12-19,24-25,34-37H,4-6,9-11,20-23,41H2,(H,43,44)/t34-,35-,36-,37+/m0/s1. The zero-order chi connectivity index (χ0) is 33.3. The Hall–Kier alpha value is -4.86. The highest BCUT2D eigenvalue weighted by molar-refractivity contribution is 6.03. The number of benzene rings is 3. The van der Waals surface area contributed by atoms with E-state index in [0.29, 0.717) is 13.2 Å². The van der Waals surface area contributed by atoms with Crippen LogP contribution in [0.3, 0.4) is 0 Å². The summed E-state index contributed by atoms with van der Waals surface area (Å²) >= 11 is 0. The van der Waals surface area contributed by atoms with E-state index in [0.717, 1.165) is 102 Å². The van der Waals surface area contributed by atoms with Crippen molar-refractivity contribution in [3.8, 4) is 22.4 Å². The zero-order valence-corrected chi connectivity index (χ0v) is 27.6. The lowest BCUT2D eigenvalue weighted by Gasteiger charge is -2.28. The van der Waals surface area contributed by atoms with E-state index in [2.05, 4.69) is 53.5 Å². The highest BCUT2D eigenvalue weighted by Crippen LogP contribution is 2.35. The summed E-state index contributed by atoms with van der Waals surface area (Å²) in [5.74, 6) is 0.910. The van der Waals surface area contributed by atoms with Crippen LogP contribution in [0.5, 0.6) is 0 Å². The number of rotatable bonds is 8. The monoisotopic (exact) mass is 654 g/mol. The fourth-order valence-corrected chi connectivity index (χ4v) is 7.83. The van der Waals surface area contributed by atoms with Gasteiger partial charge in [0.2, 0.25) is 5.91 Å². The second-order valence-electron chi connectivity index (χ2n) is 13.6. The first-order valence-corrected chi connectivity index (χ1v) is 17.6. The SMILES string of the molecule is N[C@@H](C(=O)N1CCC[C@H]1C1=NC=C(c2ccc(-c3ccc(-c4cnc([C@@H]5CCCN5C(=O)[C@@H]5CCCO5)[nH]4)cc3)cc2)C1)c1ccccc1. The number of aromatic nitrogens is 2. The van der Waals surface area contributed by atoms with Crippen LogP contribution in [0.4, 0.5) is 0 Å². The van der Waals surface area contributed by atoms with Crippen molar-refractivity contribution in [3.05, 3.63) is 108 Å². The Morgan fingerprint density at radius 1 is 0.796 bits per heavy atom. The molecule has 3 saturated heterocycles. The molecule has 9 heteroatoms. The summed E-state index contributed by atoms with van der Waals surface area (Å²) < 4.78 is 5.67. The van der Waals surface area contributed by atoms with Crippen LogP contribution >= 0.6 is 0 Å². The summed E-state index contributed by atoms with van der Waals surface area (Å²) in [5, 5.41) is 0. The number of ether oxygens (including phenoxy) is 1. The van der Waals surface area contributed by atoms with E-state index in [1.54, 1.807) is 0 Å². The maximum Gasteiger partial charge on any atom is 0.252 e. The summed E-state index contributed by atoms with van der Waals surface area (Å²) in [5.41, 5.74) is 14.8. The number of aromatic amines is 1. The van der Waals surface area contributed by atoms with Gasteiger partial charge in [0.15, 0.2) is 0 Å². The summed E-state index contributed by atoms with van der Waals surface area (Å²) in [6, 6.07) is 26.0. The summed E-state index contributed by atoms with van der Waals surface area (Å²) in [4.78, 5) is 43.3. The van der Waals surface area contributed by atoms with E-state index in [4.69, 9.17) is 20.4 Å². The zero-order valence-electron chi connectivity index (χ0n) is 27.6. The molecule has 2 amide bonds. The van der Waals surface area contributed by atoms with Crippen LogP contribution in [-0.4, -0.2) is 69.1 Å². The van der Waals surface area contributed by atoms with Crippen LogP contribution < -0.4 is 5.73 Å². The fourth-order valence-electron chi connectivity index (χ4n) is 7.83. The minimum absolute atomic E-state index is 0.00846. The number of amides is 2. The van der Waals surface area contributed by atoms with Crippen LogP contribution in [0.2, 0.25) is 0 Å². The number of nitrogens with zero attached hydrogens (tertiary/aromatic N) is 4. The van der Waals surface area contributed by atoms with Gasteiger partial charge in [0.25, 0.3) is 5.91 Å². The Balaban J connectivity index is 0.892. The highest BCUT2D eigenvalue weighted by Gasteiger charge is 2.38. The number of carbonyl (C=O) groups excluding carboxylic acids is 2. The molecule has 0 bridgehead atoms.